The topological polar surface area (TPSA) is 59.0 Å². The molecule has 0 aliphatic carbocycles. The normalized spacial score (nSPS) is 27.8. The first-order chi connectivity index (χ1) is 8.49. The lowest BCUT2D eigenvalue weighted by atomic mass is 10.1. The molecule has 1 N–H and O–H groups in total. The van der Waals surface area contributed by atoms with Crippen LogP contribution in [0.1, 0.15) is 41.5 Å². The van der Waals surface area contributed by atoms with Crippen LogP contribution in [0.3, 0.4) is 0 Å². The molecule has 0 aromatic rings. The van der Waals surface area contributed by atoms with Crippen molar-refractivity contribution in [2.45, 2.75) is 71.1 Å². The smallest absolute Gasteiger partial charge is 0.413 e. The van der Waals surface area contributed by atoms with Gasteiger partial charge in [-0.05, 0) is 41.5 Å². The van der Waals surface area contributed by atoms with E-state index in [1.54, 1.807) is 41.5 Å². The highest BCUT2D eigenvalue weighted by Gasteiger charge is 2.51. The van der Waals surface area contributed by atoms with E-state index in [1.807, 2.05) is 0 Å². The fourth-order valence-electron chi connectivity index (χ4n) is 2.30. The van der Waals surface area contributed by atoms with E-state index in [2.05, 4.69) is 5.92 Å². The minimum absolute atomic E-state index is 0.367. The standard InChI is InChI=1S/C14H23NO4/c1-8-10(16)11-9(2)18-14(6,7)15(11)12(17)19-13(3,4)5/h1,9-11,16H,2-7H3/t9?,10-,11?/m0/s1. The molecule has 1 aliphatic heterocycles. The van der Waals surface area contributed by atoms with Crippen LogP contribution < -0.4 is 0 Å². The number of aliphatic hydroxyl groups is 1. The van der Waals surface area contributed by atoms with Crippen LogP contribution in [0.15, 0.2) is 0 Å². The number of terminal acetylenes is 1. The highest BCUT2D eigenvalue weighted by molar-refractivity contribution is 5.70. The fourth-order valence-corrected chi connectivity index (χ4v) is 2.30. The Morgan fingerprint density at radius 1 is 1.53 bits per heavy atom. The second kappa shape index (κ2) is 5.03. The van der Waals surface area contributed by atoms with Gasteiger partial charge >= 0.3 is 6.09 Å². The lowest BCUT2D eigenvalue weighted by Crippen LogP contribution is -2.53. The predicted molar refractivity (Wildman–Crippen MR) is 71.3 cm³/mol. The average Bonchev–Trinajstić information content (AvgIpc) is 2.44. The van der Waals surface area contributed by atoms with E-state index in [4.69, 9.17) is 15.9 Å². The number of aliphatic hydroxyl groups excluding tert-OH is 1. The van der Waals surface area contributed by atoms with E-state index in [0.29, 0.717) is 0 Å². The number of ether oxygens (including phenoxy) is 2. The third kappa shape index (κ3) is 3.40. The molecular formula is C14H23NO4. The summed E-state index contributed by atoms with van der Waals surface area (Å²) >= 11 is 0. The van der Waals surface area contributed by atoms with Crippen LogP contribution in [0.2, 0.25) is 0 Å². The number of rotatable bonds is 1. The molecule has 5 heteroatoms. The zero-order valence-electron chi connectivity index (χ0n) is 12.4. The van der Waals surface area contributed by atoms with Crippen LogP contribution >= 0.6 is 0 Å². The number of hydrogen-bond acceptors (Lipinski definition) is 4. The van der Waals surface area contributed by atoms with Gasteiger partial charge in [0.25, 0.3) is 0 Å². The van der Waals surface area contributed by atoms with Crippen molar-refractivity contribution < 1.29 is 19.4 Å². The van der Waals surface area contributed by atoms with Crippen molar-refractivity contribution in [3.8, 4) is 12.3 Å². The van der Waals surface area contributed by atoms with Crippen LogP contribution in [0.4, 0.5) is 4.79 Å². The van der Waals surface area contributed by atoms with Gasteiger partial charge in [0.05, 0.1) is 6.10 Å². The Kier molecular flexibility index (Phi) is 4.18. The molecule has 0 saturated carbocycles. The molecule has 0 bridgehead atoms. The van der Waals surface area contributed by atoms with Crippen LogP contribution in [-0.4, -0.2) is 45.7 Å². The molecule has 1 amide bonds. The van der Waals surface area contributed by atoms with Gasteiger partial charge in [-0.1, -0.05) is 5.92 Å². The quantitative estimate of drug-likeness (QED) is 0.737. The molecule has 0 aromatic heterocycles. The van der Waals surface area contributed by atoms with Gasteiger partial charge in [0.1, 0.15) is 23.5 Å². The van der Waals surface area contributed by atoms with E-state index < -0.39 is 29.6 Å². The third-order valence-corrected chi connectivity index (χ3v) is 2.92. The summed E-state index contributed by atoms with van der Waals surface area (Å²) in [6.45, 7) is 10.6. The second-order valence-corrected chi connectivity index (χ2v) is 6.22. The molecule has 19 heavy (non-hydrogen) atoms. The lowest BCUT2D eigenvalue weighted by molar-refractivity contribution is -0.0767. The van der Waals surface area contributed by atoms with E-state index in [9.17, 15) is 9.90 Å². The number of nitrogens with zero attached hydrogens (tertiary/aromatic N) is 1. The van der Waals surface area contributed by atoms with Crippen LogP contribution in [-0.2, 0) is 9.47 Å². The Balaban J connectivity index is 3.04. The molecule has 108 valence electrons. The molecule has 0 radical (unpaired) electrons. The number of amides is 1. The number of carbonyl (C=O) groups is 1. The summed E-state index contributed by atoms with van der Waals surface area (Å²) in [5, 5.41) is 9.91. The maximum atomic E-state index is 12.3. The lowest BCUT2D eigenvalue weighted by Gasteiger charge is -2.35. The maximum absolute atomic E-state index is 12.3. The Morgan fingerprint density at radius 3 is 2.47 bits per heavy atom. The molecule has 1 saturated heterocycles. The SMILES string of the molecule is C#C[C@H](O)C1C(C)OC(C)(C)N1C(=O)OC(C)(C)C. The van der Waals surface area contributed by atoms with Gasteiger partial charge in [-0.2, -0.15) is 0 Å². The minimum atomic E-state index is -1.09. The third-order valence-electron chi connectivity index (χ3n) is 2.92. The molecular weight excluding hydrogens is 246 g/mol. The van der Waals surface area contributed by atoms with E-state index >= 15 is 0 Å². The van der Waals surface area contributed by atoms with Gasteiger partial charge in [-0.3, -0.25) is 4.90 Å². The van der Waals surface area contributed by atoms with Crippen molar-refractivity contribution in [1.29, 1.82) is 0 Å². The van der Waals surface area contributed by atoms with Crippen molar-refractivity contribution in [3.05, 3.63) is 0 Å². The molecule has 0 aromatic carbocycles. The van der Waals surface area contributed by atoms with Gasteiger partial charge in [-0.25, -0.2) is 4.79 Å². The highest BCUT2D eigenvalue weighted by Crippen LogP contribution is 2.34. The molecule has 1 aliphatic rings. The van der Waals surface area contributed by atoms with Gasteiger partial charge < -0.3 is 14.6 Å². The predicted octanol–water partition coefficient (Wildman–Crippen LogP) is 1.74. The van der Waals surface area contributed by atoms with Crippen molar-refractivity contribution in [1.82, 2.24) is 4.90 Å². The van der Waals surface area contributed by atoms with Gasteiger partial charge in [0, 0.05) is 0 Å². The monoisotopic (exact) mass is 269 g/mol. The number of hydrogen-bond donors (Lipinski definition) is 1. The molecule has 1 fully saturated rings. The highest BCUT2D eigenvalue weighted by atomic mass is 16.6. The largest absolute Gasteiger partial charge is 0.444 e. The van der Waals surface area contributed by atoms with Gasteiger partial charge in [-0.15, -0.1) is 6.42 Å². The van der Waals surface area contributed by atoms with Crippen molar-refractivity contribution in [2.75, 3.05) is 0 Å². The zero-order valence-corrected chi connectivity index (χ0v) is 12.4. The van der Waals surface area contributed by atoms with E-state index in [1.165, 1.54) is 4.90 Å². The first-order valence-electron chi connectivity index (χ1n) is 6.34. The summed E-state index contributed by atoms with van der Waals surface area (Å²) in [4.78, 5) is 13.7. The second-order valence-electron chi connectivity index (χ2n) is 6.22. The summed E-state index contributed by atoms with van der Waals surface area (Å²) in [5.41, 5.74) is -1.49. The summed E-state index contributed by atoms with van der Waals surface area (Å²) in [6.07, 6.45) is 3.26. The van der Waals surface area contributed by atoms with E-state index in [-0.39, 0.29) is 6.10 Å². The Bertz CT molecular complexity index is 391. The summed E-state index contributed by atoms with van der Waals surface area (Å²) in [7, 11) is 0. The van der Waals surface area contributed by atoms with Crippen molar-refractivity contribution >= 4 is 6.09 Å². The number of carbonyl (C=O) groups excluding carboxylic acids is 1. The molecule has 2 unspecified atom stereocenters. The van der Waals surface area contributed by atoms with Crippen molar-refractivity contribution in [2.24, 2.45) is 0 Å². The summed E-state index contributed by atoms with van der Waals surface area (Å²) < 4.78 is 11.1. The molecule has 5 nitrogen and oxygen atoms in total. The Morgan fingerprint density at radius 2 is 2.05 bits per heavy atom. The van der Waals surface area contributed by atoms with E-state index in [0.717, 1.165) is 0 Å². The minimum Gasteiger partial charge on any atom is -0.444 e. The van der Waals surface area contributed by atoms with Gasteiger partial charge in [0.2, 0.25) is 0 Å². The Hall–Kier alpha value is -1.25. The summed E-state index contributed by atoms with van der Waals surface area (Å²) in [6, 6.07) is -0.616. The molecule has 1 rings (SSSR count). The fraction of sp³-hybridized carbons (Fsp3) is 0.786. The molecule has 3 atom stereocenters. The Labute approximate surface area is 114 Å². The van der Waals surface area contributed by atoms with Gasteiger partial charge in [0.15, 0.2) is 0 Å². The maximum Gasteiger partial charge on any atom is 0.413 e. The summed E-state index contributed by atoms with van der Waals surface area (Å²) in [5.74, 6) is 2.25. The van der Waals surface area contributed by atoms with Crippen LogP contribution in [0.25, 0.3) is 0 Å². The zero-order chi connectivity index (χ0) is 15.0. The molecule has 0 spiro atoms. The van der Waals surface area contributed by atoms with Crippen molar-refractivity contribution in [3.63, 3.8) is 0 Å². The first-order valence-corrected chi connectivity index (χ1v) is 6.34. The average molecular weight is 269 g/mol. The first kappa shape index (κ1) is 15.8. The molecule has 1 heterocycles. The van der Waals surface area contributed by atoms with Crippen LogP contribution in [0, 0.1) is 12.3 Å². The van der Waals surface area contributed by atoms with Crippen LogP contribution in [0.5, 0.6) is 0 Å².